The number of fused-ring (bicyclic) bond motifs is 1. The third kappa shape index (κ3) is 3.97. The molecule has 4 rings (SSSR count). The molecule has 1 aliphatic rings. The summed E-state index contributed by atoms with van der Waals surface area (Å²) < 4.78 is 5.28. The molecule has 0 saturated carbocycles. The van der Waals surface area contributed by atoms with Crippen LogP contribution in [0.1, 0.15) is 47.6 Å². The highest BCUT2D eigenvalue weighted by Crippen LogP contribution is 2.37. The van der Waals surface area contributed by atoms with Gasteiger partial charge in [-0.05, 0) is 37.7 Å². The van der Waals surface area contributed by atoms with E-state index in [-0.39, 0.29) is 5.91 Å². The quantitative estimate of drug-likeness (QED) is 0.666. The van der Waals surface area contributed by atoms with Crippen molar-refractivity contribution in [1.82, 2.24) is 10.1 Å². The fourth-order valence-corrected chi connectivity index (χ4v) is 4.68. The molecule has 28 heavy (non-hydrogen) atoms. The third-order valence-electron chi connectivity index (χ3n) is 4.83. The van der Waals surface area contributed by atoms with Gasteiger partial charge in [-0.15, -0.1) is 11.3 Å². The smallest absolute Gasteiger partial charge is 0.226 e. The molecule has 2 heterocycles. The highest BCUT2D eigenvalue weighted by Gasteiger charge is 2.21. The number of nitrogens with one attached hydrogen (secondary N) is 1. The Kier molecular flexibility index (Phi) is 5.49. The van der Waals surface area contributed by atoms with E-state index in [0.717, 1.165) is 36.8 Å². The molecule has 1 aliphatic carbocycles. The van der Waals surface area contributed by atoms with Gasteiger partial charge in [0, 0.05) is 23.3 Å². The van der Waals surface area contributed by atoms with Gasteiger partial charge in [-0.1, -0.05) is 35.5 Å². The van der Waals surface area contributed by atoms with Gasteiger partial charge >= 0.3 is 0 Å². The maximum absolute atomic E-state index is 12.3. The van der Waals surface area contributed by atoms with Gasteiger partial charge in [0.25, 0.3) is 0 Å². The highest BCUT2D eigenvalue weighted by molar-refractivity contribution is 7.16. The molecule has 0 spiro atoms. The number of aryl methyl sites for hydroxylation is 2. The lowest BCUT2D eigenvalue weighted by Crippen LogP contribution is -2.11. The van der Waals surface area contributed by atoms with Crippen molar-refractivity contribution in [3.8, 4) is 17.5 Å². The van der Waals surface area contributed by atoms with Crippen LogP contribution in [0.5, 0.6) is 0 Å². The summed E-state index contributed by atoms with van der Waals surface area (Å²) in [6, 6.07) is 11.9. The second kappa shape index (κ2) is 8.36. The number of aromatic nitrogens is 2. The van der Waals surface area contributed by atoms with Crippen LogP contribution in [0.25, 0.3) is 11.4 Å². The van der Waals surface area contributed by atoms with Crippen LogP contribution in [0, 0.1) is 11.3 Å². The fraction of sp³-hybridized carbons (Fsp3) is 0.333. The van der Waals surface area contributed by atoms with Crippen molar-refractivity contribution in [2.45, 2.75) is 44.9 Å². The van der Waals surface area contributed by atoms with Gasteiger partial charge in [0.1, 0.15) is 11.1 Å². The van der Waals surface area contributed by atoms with E-state index in [2.05, 4.69) is 21.5 Å². The zero-order chi connectivity index (χ0) is 19.3. The number of anilines is 1. The number of nitrogens with zero attached hydrogens (tertiary/aromatic N) is 3. The lowest BCUT2D eigenvalue weighted by molar-refractivity contribution is -0.116. The van der Waals surface area contributed by atoms with E-state index >= 15 is 0 Å². The number of amides is 1. The molecule has 0 bridgehead atoms. The molecule has 1 aromatic carbocycles. The van der Waals surface area contributed by atoms with Gasteiger partial charge in [-0.2, -0.15) is 10.2 Å². The zero-order valence-electron chi connectivity index (χ0n) is 15.4. The zero-order valence-corrected chi connectivity index (χ0v) is 16.2. The van der Waals surface area contributed by atoms with Crippen LogP contribution >= 0.6 is 11.3 Å². The molecule has 7 heteroatoms. The number of carbonyl (C=O) groups excluding carboxylic acids is 1. The van der Waals surface area contributed by atoms with Gasteiger partial charge in [0.05, 0.1) is 5.56 Å². The molecular formula is C21H20N4O2S. The van der Waals surface area contributed by atoms with Crippen LogP contribution in [-0.2, 0) is 24.1 Å². The van der Waals surface area contributed by atoms with Gasteiger partial charge in [0.2, 0.25) is 17.6 Å². The summed E-state index contributed by atoms with van der Waals surface area (Å²) in [6.45, 7) is 0. The van der Waals surface area contributed by atoms with E-state index in [9.17, 15) is 10.1 Å². The molecule has 3 aromatic rings. The van der Waals surface area contributed by atoms with Crippen molar-refractivity contribution >= 4 is 22.2 Å². The molecule has 1 amide bonds. The summed E-state index contributed by atoms with van der Waals surface area (Å²) in [4.78, 5) is 18.0. The van der Waals surface area contributed by atoms with Crippen molar-refractivity contribution in [3.63, 3.8) is 0 Å². The Morgan fingerprint density at radius 3 is 2.89 bits per heavy atom. The summed E-state index contributed by atoms with van der Waals surface area (Å²) in [5, 5.41) is 17.1. The monoisotopic (exact) mass is 392 g/mol. The molecule has 0 fully saturated rings. The maximum Gasteiger partial charge on any atom is 0.226 e. The predicted molar refractivity (Wildman–Crippen MR) is 107 cm³/mol. The number of nitriles is 1. The standard InChI is InChI=1S/C21H20N4O2S/c22-13-16-15-9-4-5-10-17(15)28-21(16)23-18(26)11-6-12-19-24-20(25-27-19)14-7-2-1-3-8-14/h1-3,7-8H,4-6,9-12H2,(H,23,26). The minimum atomic E-state index is -0.0853. The summed E-state index contributed by atoms with van der Waals surface area (Å²) in [5.74, 6) is 0.997. The van der Waals surface area contributed by atoms with Crippen molar-refractivity contribution < 1.29 is 9.32 Å². The first-order chi connectivity index (χ1) is 13.7. The molecule has 0 saturated heterocycles. The Bertz CT molecular complexity index is 1020. The molecule has 1 N–H and O–H groups in total. The first-order valence-electron chi connectivity index (χ1n) is 9.47. The van der Waals surface area contributed by atoms with Gasteiger partial charge in [-0.25, -0.2) is 0 Å². The molecule has 2 aromatic heterocycles. The molecule has 6 nitrogen and oxygen atoms in total. The Morgan fingerprint density at radius 1 is 1.25 bits per heavy atom. The summed E-state index contributed by atoms with van der Waals surface area (Å²) in [7, 11) is 0. The Labute approximate surface area is 167 Å². The molecular weight excluding hydrogens is 372 g/mol. The third-order valence-corrected chi connectivity index (χ3v) is 6.04. The Morgan fingerprint density at radius 2 is 2.07 bits per heavy atom. The van der Waals surface area contributed by atoms with Crippen LogP contribution in [0.15, 0.2) is 34.9 Å². The van der Waals surface area contributed by atoms with Gasteiger partial charge in [0.15, 0.2) is 0 Å². The van der Waals surface area contributed by atoms with Crippen LogP contribution in [-0.4, -0.2) is 16.0 Å². The molecule has 0 unspecified atom stereocenters. The summed E-state index contributed by atoms with van der Waals surface area (Å²) in [6.07, 6.45) is 5.70. The second-order valence-electron chi connectivity index (χ2n) is 6.81. The van der Waals surface area contributed by atoms with Crippen LogP contribution in [0.4, 0.5) is 5.00 Å². The lowest BCUT2D eigenvalue weighted by atomic mass is 9.96. The second-order valence-corrected chi connectivity index (χ2v) is 7.91. The minimum absolute atomic E-state index is 0.0853. The maximum atomic E-state index is 12.3. The Balaban J connectivity index is 1.32. The van der Waals surface area contributed by atoms with E-state index in [1.54, 1.807) is 11.3 Å². The van der Waals surface area contributed by atoms with E-state index in [4.69, 9.17) is 4.52 Å². The molecule has 0 aliphatic heterocycles. The van der Waals surface area contributed by atoms with Crippen LogP contribution in [0.3, 0.4) is 0 Å². The predicted octanol–water partition coefficient (Wildman–Crippen LogP) is 4.51. The first kappa shape index (κ1) is 18.4. The summed E-state index contributed by atoms with van der Waals surface area (Å²) in [5.41, 5.74) is 2.69. The average molecular weight is 392 g/mol. The van der Waals surface area contributed by atoms with Gasteiger partial charge in [-0.3, -0.25) is 4.79 Å². The molecule has 0 atom stereocenters. The number of carbonyl (C=O) groups is 1. The van der Waals surface area contributed by atoms with Crippen molar-refractivity contribution in [3.05, 3.63) is 52.2 Å². The average Bonchev–Trinajstić information content (AvgIpc) is 3.32. The number of benzene rings is 1. The molecule has 142 valence electrons. The highest BCUT2D eigenvalue weighted by atomic mass is 32.1. The van der Waals surface area contributed by atoms with Crippen molar-refractivity contribution in [2.24, 2.45) is 0 Å². The SMILES string of the molecule is N#Cc1c(NC(=O)CCCc2nc(-c3ccccc3)no2)sc2c1CCCC2. The number of rotatable bonds is 6. The van der Waals surface area contributed by atoms with E-state index in [1.807, 2.05) is 30.3 Å². The van der Waals surface area contributed by atoms with Gasteiger partial charge < -0.3 is 9.84 Å². The van der Waals surface area contributed by atoms with E-state index in [0.29, 0.717) is 41.5 Å². The van der Waals surface area contributed by atoms with Crippen LogP contribution in [0.2, 0.25) is 0 Å². The number of thiophene rings is 1. The first-order valence-corrected chi connectivity index (χ1v) is 10.3. The molecule has 0 radical (unpaired) electrons. The lowest BCUT2D eigenvalue weighted by Gasteiger charge is -2.09. The van der Waals surface area contributed by atoms with Crippen molar-refractivity contribution in [1.29, 1.82) is 5.26 Å². The minimum Gasteiger partial charge on any atom is -0.339 e. The van der Waals surface area contributed by atoms with E-state index in [1.165, 1.54) is 4.88 Å². The number of hydrogen-bond acceptors (Lipinski definition) is 6. The Hall–Kier alpha value is -2.98. The van der Waals surface area contributed by atoms with E-state index < -0.39 is 0 Å². The summed E-state index contributed by atoms with van der Waals surface area (Å²) >= 11 is 1.55. The topological polar surface area (TPSA) is 91.8 Å². The largest absolute Gasteiger partial charge is 0.339 e. The normalized spacial score (nSPS) is 13.0. The van der Waals surface area contributed by atoms with Crippen molar-refractivity contribution in [2.75, 3.05) is 5.32 Å². The van der Waals surface area contributed by atoms with Crippen LogP contribution < -0.4 is 5.32 Å². The fourth-order valence-electron chi connectivity index (χ4n) is 3.42. The number of hydrogen-bond donors (Lipinski definition) is 1.